The first kappa shape index (κ1) is 61.7. The number of hydrogen-bond donors (Lipinski definition) is 21. The lowest BCUT2D eigenvalue weighted by molar-refractivity contribution is -0.396. The fourth-order valence-electron chi connectivity index (χ4n) is 10.4. The third-order valence-corrected chi connectivity index (χ3v) is 14.8. The predicted molar refractivity (Wildman–Crippen MR) is 228 cm³/mol. The second kappa shape index (κ2) is 26.0. The highest BCUT2D eigenvalue weighted by molar-refractivity contribution is 5.01. The molecule has 21 rings (SSSR count). The summed E-state index contributed by atoms with van der Waals surface area (Å²) in [4.78, 5) is 0. The molecule has 0 aromatic carbocycles. The van der Waals surface area contributed by atoms with Crippen LogP contribution in [0.25, 0.3) is 0 Å². The molecule has 35 atom stereocenters. The highest BCUT2D eigenvalue weighted by Gasteiger charge is 2.59. The van der Waals surface area contributed by atoms with E-state index in [2.05, 4.69) is 0 Å². The van der Waals surface area contributed by atoms with Gasteiger partial charge in [0.25, 0.3) is 0 Å². The van der Waals surface area contributed by atoms with E-state index in [1.807, 2.05) is 0 Å². The molecule has 21 aliphatic heterocycles. The lowest BCUT2D eigenvalue weighted by Crippen LogP contribution is -2.68. The van der Waals surface area contributed by atoms with Gasteiger partial charge >= 0.3 is 0 Å². The van der Waals surface area contributed by atoms with Crippen molar-refractivity contribution in [3.63, 3.8) is 0 Å². The van der Waals surface area contributed by atoms with Gasteiger partial charge in [-0.2, -0.15) is 0 Å². The maximum atomic E-state index is 11.3. The maximum absolute atomic E-state index is 11.3. The summed E-state index contributed by atoms with van der Waals surface area (Å²) >= 11 is 0. The highest BCUT2D eigenvalue weighted by atomic mass is 16.8. The Labute approximate surface area is 434 Å². The molecule has 14 bridgehead atoms. The van der Waals surface area contributed by atoms with Gasteiger partial charge in [-0.25, -0.2) is 0 Å². The summed E-state index contributed by atoms with van der Waals surface area (Å²) in [5, 5.41) is 230. The van der Waals surface area contributed by atoms with Crippen LogP contribution in [0.5, 0.6) is 0 Å². The van der Waals surface area contributed by atoms with Gasteiger partial charge in [0, 0.05) is 0 Å². The molecule has 448 valence electrons. The SMILES string of the molecule is OCC1O[C@H]2O[C@H]3C(CO)O[C@@H](O[C@H]4C(CO)O[C@@H](O[C@H]5C(CO)O[C@@H](O[C@H]6C(CO)O[C@@H](O[C@H]7C(CO)O[C@@H](O[C@H]8C(CO)O[C@@H](O[C@@H]1C(O)[C@H]2O)C(O)[C@H]8O)C(O)[C@H]7O)C(O)[C@H]6O)C(O)[C@H]5O)C(O)[C@H]4O)[C@H](O)C3O. The molecular weight excluding hydrogens is 1060 g/mol. The lowest BCUT2D eigenvalue weighted by atomic mass is 9.95. The fraction of sp³-hybridized carbons (Fsp3) is 1.00. The molecule has 0 radical (unpaired) electrons. The molecule has 0 spiro atoms. The van der Waals surface area contributed by atoms with E-state index < -0.39 is 261 Å². The summed E-state index contributed by atoms with van der Waals surface area (Å²) in [6.07, 6.45) is -70.2. The number of hydrogen-bond acceptors (Lipinski definition) is 35. The van der Waals surface area contributed by atoms with Crippen molar-refractivity contribution in [2.45, 2.75) is 215 Å². The Morgan fingerprint density at radius 1 is 0.156 bits per heavy atom. The largest absolute Gasteiger partial charge is 0.394 e. The molecule has 35 heteroatoms. The van der Waals surface area contributed by atoms with Gasteiger partial charge < -0.3 is 174 Å². The van der Waals surface area contributed by atoms with Gasteiger partial charge in [-0.1, -0.05) is 0 Å². The molecule has 0 aliphatic carbocycles. The normalized spacial score (nSPS) is 55.4. The molecule has 21 aliphatic rings. The second-order valence-electron chi connectivity index (χ2n) is 19.7. The molecule has 0 aromatic rings. The van der Waals surface area contributed by atoms with Crippen molar-refractivity contribution in [2.24, 2.45) is 0 Å². The zero-order valence-electron chi connectivity index (χ0n) is 40.3. The summed E-state index contributed by atoms with van der Waals surface area (Å²) in [6, 6.07) is 0. The van der Waals surface area contributed by atoms with E-state index in [0.717, 1.165) is 0 Å². The smallest absolute Gasteiger partial charge is 0.187 e. The van der Waals surface area contributed by atoms with E-state index in [9.17, 15) is 107 Å². The lowest BCUT2D eigenvalue weighted by Gasteiger charge is -2.50. The monoisotopic (exact) mass is 1130 g/mol. The average Bonchev–Trinajstić information content (AvgIpc) is 3.47. The molecule has 0 saturated carbocycles. The van der Waals surface area contributed by atoms with Crippen LogP contribution in [-0.4, -0.2) is 368 Å². The van der Waals surface area contributed by atoms with Gasteiger partial charge in [0.15, 0.2) is 44.0 Å². The molecule has 0 aromatic heterocycles. The molecule has 35 nitrogen and oxygen atoms in total. The van der Waals surface area contributed by atoms with Crippen molar-refractivity contribution in [1.29, 1.82) is 0 Å². The van der Waals surface area contributed by atoms with Crippen LogP contribution in [-0.2, 0) is 66.3 Å². The molecule has 14 unspecified atom stereocenters. The van der Waals surface area contributed by atoms with Crippen LogP contribution in [0.15, 0.2) is 0 Å². The minimum Gasteiger partial charge on any atom is -0.394 e. The molecule has 21 saturated heterocycles. The van der Waals surface area contributed by atoms with Crippen LogP contribution in [0.4, 0.5) is 0 Å². The Kier molecular flexibility index (Phi) is 20.8. The first-order valence-electron chi connectivity index (χ1n) is 24.6. The summed E-state index contributed by atoms with van der Waals surface area (Å²) in [5.41, 5.74) is 0. The van der Waals surface area contributed by atoms with Crippen LogP contribution in [0.1, 0.15) is 0 Å². The molecular formula is C42H70O35. The Balaban J connectivity index is 1.08. The van der Waals surface area contributed by atoms with Crippen molar-refractivity contribution in [2.75, 3.05) is 46.2 Å². The third kappa shape index (κ3) is 12.1. The quantitative estimate of drug-likeness (QED) is 0.113. The van der Waals surface area contributed by atoms with Gasteiger partial charge in [-0.05, 0) is 0 Å². The van der Waals surface area contributed by atoms with Crippen LogP contribution < -0.4 is 0 Å². The fourth-order valence-corrected chi connectivity index (χ4v) is 10.4. The summed E-state index contributed by atoms with van der Waals surface area (Å²) in [6.45, 7) is -7.33. The predicted octanol–water partition coefficient (Wildman–Crippen LogP) is -15.2. The van der Waals surface area contributed by atoms with Crippen LogP contribution in [0.2, 0.25) is 0 Å². The Hall–Kier alpha value is -1.40. The Morgan fingerprint density at radius 2 is 0.260 bits per heavy atom. The topological polar surface area (TPSA) is 554 Å². The van der Waals surface area contributed by atoms with E-state index in [0.29, 0.717) is 0 Å². The van der Waals surface area contributed by atoms with E-state index in [-0.39, 0.29) is 0 Å². The number of aliphatic hydroxyl groups is 21. The third-order valence-electron chi connectivity index (χ3n) is 14.8. The van der Waals surface area contributed by atoms with Crippen molar-refractivity contribution in [3.05, 3.63) is 0 Å². The zero-order chi connectivity index (χ0) is 56.1. The van der Waals surface area contributed by atoms with Gasteiger partial charge in [0.1, 0.15) is 171 Å². The summed E-state index contributed by atoms with van der Waals surface area (Å²) in [7, 11) is 0. The van der Waals surface area contributed by atoms with E-state index in [1.165, 1.54) is 0 Å². The Bertz CT molecular complexity index is 1470. The van der Waals surface area contributed by atoms with Crippen molar-refractivity contribution >= 4 is 0 Å². The minimum atomic E-state index is -2.21. The zero-order valence-corrected chi connectivity index (χ0v) is 40.3. The van der Waals surface area contributed by atoms with Crippen LogP contribution >= 0.6 is 0 Å². The average molecular weight is 1130 g/mol. The van der Waals surface area contributed by atoms with Crippen molar-refractivity contribution in [3.8, 4) is 0 Å². The first-order chi connectivity index (χ1) is 36.7. The van der Waals surface area contributed by atoms with E-state index in [1.54, 1.807) is 0 Å². The van der Waals surface area contributed by atoms with Crippen LogP contribution in [0.3, 0.4) is 0 Å². The van der Waals surface area contributed by atoms with Crippen molar-refractivity contribution in [1.82, 2.24) is 0 Å². The molecule has 77 heavy (non-hydrogen) atoms. The number of ether oxygens (including phenoxy) is 14. The maximum Gasteiger partial charge on any atom is 0.187 e. The molecule has 21 fully saturated rings. The minimum absolute atomic E-state index is 1.05. The van der Waals surface area contributed by atoms with Gasteiger partial charge in [-0.3, -0.25) is 0 Å². The number of aliphatic hydroxyl groups excluding tert-OH is 21. The van der Waals surface area contributed by atoms with Crippen molar-refractivity contribution < 1.29 is 174 Å². The van der Waals surface area contributed by atoms with Gasteiger partial charge in [-0.15, -0.1) is 0 Å². The molecule has 21 N–H and O–H groups in total. The number of rotatable bonds is 7. The molecule has 0 amide bonds. The Morgan fingerprint density at radius 3 is 0.351 bits per heavy atom. The first-order valence-corrected chi connectivity index (χ1v) is 24.6. The second-order valence-corrected chi connectivity index (χ2v) is 19.7. The van der Waals surface area contributed by atoms with E-state index >= 15 is 0 Å². The summed E-state index contributed by atoms with van der Waals surface area (Å²) < 4.78 is 79.5. The van der Waals surface area contributed by atoms with Crippen LogP contribution in [0, 0.1) is 0 Å². The highest BCUT2D eigenvalue weighted by Crippen LogP contribution is 2.39. The summed E-state index contributed by atoms with van der Waals surface area (Å²) in [5.74, 6) is 0. The van der Waals surface area contributed by atoms with Gasteiger partial charge in [0.2, 0.25) is 0 Å². The van der Waals surface area contributed by atoms with Gasteiger partial charge in [0.05, 0.1) is 46.2 Å². The molecule has 21 heterocycles. The standard InChI is InChI=1S/C42H70O35/c43-1-8-29-15(50)22(57)36(64-8)72-30-9(2-44)66-38(24(59)17(30)52)74-32-11(4-46)68-40(26(61)19(32)54)76-34-13(6-48)70-42(28(63)21(34)56)77-35-14(7-49)69-41(27(62)20(35)55)75-33-12(5-47)67-39(25(60)18(33)53)73-31-10(3-45)65-37(71-29)23(58)16(31)51/h8-63H,1-7H2/t8?,9?,10?,11?,12?,13?,14?,15-,16-,17-,18-,19-,20?,21?,22?,23?,24?,25?,26?,27-,28-,29+,30+,31+,32+,33+,34+,35+,36+,37+,38+,39+,40+,41+,42+/m1/s1. The van der Waals surface area contributed by atoms with E-state index in [4.69, 9.17) is 66.3 Å².